The third-order valence-corrected chi connectivity index (χ3v) is 8.45. The number of nitrogens with two attached hydrogens (primary N) is 1. The van der Waals surface area contributed by atoms with Gasteiger partial charge in [-0.2, -0.15) is 4.31 Å². The van der Waals surface area contributed by atoms with Gasteiger partial charge in [0.15, 0.2) is 0 Å². The second kappa shape index (κ2) is 8.97. The lowest BCUT2D eigenvalue weighted by Gasteiger charge is -2.36. The van der Waals surface area contributed by atoms with Crippen LogP contribution >= 0.6 is 0 Å². The molecule has 34 heavy (non-hydrogen) atoms. The molecule has 4 N–H and O–H groups in total. The highest BCUT2D eigenvalue weighted by atomic mass is 32.2. The normalized spacial score (nSPS) is 21.4. The fourth-order valence-electron chi connectivity index (χ4n) is 4.75. The number of hydrogen-bond acceptors (Lipinski definition) is 7. The quantitative estimate of drug-likeness (QED) is 0.518. The first-order valence-corrected chi connectivity index (χ1v) is 12.7. The molecule has 1 saturated carbocycles. The number of pyridine rings is 1. The maximum atomic E-state index is 13.9. The number of aromatic nitrogens is 1. The second-order valence-electron chi connectivity index (χ2n) is 9.08. The van der Waals surface area contributed by atoms with E-state index in [9.17, 15) is 27.9 Å². The summed E-state index contributed by atoms with van der Waals surface area (Å²) in [6.07, 6.45) is 2.18. The minimum atomic E-state index is -4.17. The highest BCUT2D eigenvalue weighted by molar-refractivity contribution is 7.89. The van der Waals surface area contributed by atoms with Gasteiger partial charge in [-0.05, 0) is 50.7 Å². The van der Waals surface area contributed by atoms with Crippen molar-refractivity contribution in [3.05, 3.63) is 51.8 Å². The van der Waals surface area contributed by atoms with Crippen LogP contribution in [0.1, 0.15) is 60.2 Å². The molecule has 10 nitrogen and oxygen atoms in total. The number of hydrogen-bond donors (Lipinski definition) is 3. The number of amides is 2. The van der Waals surface area contributed by atoms with Crippen molar-refractivity contribution >= 4 is 27.7 Å². The molecule has 2 amide bonds. The van der Waals surface area contributed by atoms with Crippen LogP contribution < -0.4 is 16.6 Å². The predicted octanol–water partition coefficient (Wildman–Crippen LogP) is 1.25. The molecule has 1 aliphatic carbocycles. The van der Waals surface area contributed by atoms with Gasteiger partial charge in [0.1, 0.15) is 10.7 Å². The van der Waals surface area contributed by atoms with Gasteiger partial charge in [0.25, 0.3) is 17.4 Å². The molecule has 1 aliphatic heterocycles. The summed E-state index contributed by atoms with van der Waals surface area (Å²) in [5.41, 5.74) is 5.07. The maximum absolute atomic E-state index is 13.9. The molecule has 0 radical (unpaired) electrons. The van der Waals surface area contributed by atoms with Gasteiger partial charge < -0.3 is 10.8 Å². The Bertz CT molecular complexity index is 1310. The van der Waals surface area contributed by atoms with Gasteiger partial charge >= 0.3 is 0 Å². The van der Waals surface area contributed by atoms with Gasteiger partial charge in [0.05, 0.1) is 22.9 Å². The Kier molecular flexibility index (Phi) is 6.36. The van der Waals surface area contributed by atoms with Gasteiger partial charge in [0.2, 0.25) is 10.0 Å². The lowest BCUT2D eigenvalue weighted by atomic mass is 9.87. The van der Waals surface area contributed by atoms with E-state index in [1.54, 1.807) is 6.07 Å². The van der Waals surface area contributed by atoms with Crippen molar-refractivity contribution < 1.29 is 23.1 Å². The van der Waals surface area contributed by atoms with Crippen molar-refractivity contribution in [3.63, 3.8) is 0 Å². The Morgan fingerprint density at radius 2 is 1.79 bits per heavy atom. The number of aliphatic hydroxyl groups is 1. The number of benzene rings is 1. The highest BCUT2D eigenvalue weighted by Crippen LogP contribution is 2.33. The molecule has 0 spiro atoms. The summed E-state index contributed by atoms with van der Waals surface area (Å²) in [4.78, 5) is 37.0. The van der Waals surface area contributed by atoms with E-state index in [-0.39, 0.29) is 40.1 Å². The van der Waals surface area contributed by atoms with Crippen LogP contribution in [0, 0.1) is 5.92 Å². The van der Waals surface area contributed by atoms with E-state index < -0.39 is 33.5 Å². The number of imide groups is 1. The second-order valence-corrected chi connectivity index (χ2v) is 10.9. The van der Waals surface area contributed by atoms with Crippen LogP contribution in [0.2, 0.25) is 0 Å². The Balaban J connectivity index is 1.87. The topological polar surface area (TPSA) is 152 Å². The monoisotopic (exact) mass is 488 g/mol. The number of anilines is 1. The number of nitrogen functional groups attached to an aromatic ring is 1. The van der Waals surface area contributed by atoms with Crippen molar-refractivity contribution in [2.45, 2.75) is 56.6 Å². The lowest BCUT2D eigenvalue weighted by Crippen LogP contribution is -2.45. The number of para-hydroxylation sites is 1. The minimum Gasteiger partial charge on any atom is -0.392 e. The third kappa shape index (κ3) is 4.15. The Labute approximate surface area is 197 Å². The molecule has 1 atom stereocenters. The summed E-state index contributed by atoms with van der Waals surface area (Å²) in [7, 11) is -4.17. The van der Waals surface area contributed by atoms with E-state index >= 15 is 0 Å². The molecular formula is C23H28N4O6S. The zero-order chi connectivity index (χ0) is 24.8. The average Bonchev–Trinajstić information content (AvgIpc) is 3.06. The summed E-state index contributed by atoms with van der Waals surface area (Å²) in [6, 6.07) is 6.57. The number of fused-ring (bicyclic) bond motifs is 1. The molecule has 0 bridgehead atoms. The molecule has 2 aliphatic rings. The van der Waals surface area contributed by atoms with Crippen LogP contribution in [-0.4, -0.2) is 52.9 Å². The van der Waals surface area contributed by atoms with Crippen LogP contribution in [0.3, 0.4) is 0 Å². The minimum absolute atomic E-state index is 0.0280. The molecular weight excluding hydrogens is 460 g/mol. The van der Waals surface area contributed by atoms with Gasteiger partial charge in [-0.25, -0.2) is 8.42 Å². The van der Waals surface area contributed by atoms with E-state index in [0.29, 0.717) is 18.8 Å². The number of nitrogens with zero attached hydrogens (tertiary/aromatic N) is 2. The number of sulfonamides is 1. The Morgan fingerprint density at radius 3 is 2.44 bits per heavy atom. The van der Waals surface area contributed by atoms with Crippen molar-refractivity contribution in [1.29, 1.82) is 0 Å². The third-order valence-electron chi connectivity index (χ3n) is 6.48. The van der Waals surface area contributed by atoms with E-state index in [0.717, 1.165) is 23.5 Å². The van der Waals surface area contributed by atoms with E-state index in [1.807, 2.05) is 0 Å². The number of aliphatic hydroxyl groups excluding tert-OH is 1. The molecule has 1 aromatic heterocycles. The highest BCUT2D eigenvalue weighted by Gasteiger charge is 2.37. The van der Waals surface area contributed by atoms with Crippen LogP contribution in [0.25, 0.3) is 5.69 Å². The van der Waals surface area contributed by atoms with Crippen molar-refractivity contribution in [2.24, 2.45) is 5.92 Å². The zero-order valence-electron chi connectivity index (χ0n) is 19.0. The fourth-order valence-corrected chi connectivity index (χ4v) is 6.69. The molecule has 1 aromatic carbocycles. The number of rotatable bonds is 6. The standard InChI is InChI=1S/C23H28N4O6S/c1-13-7-9-15(10-8-13)26(12-14(2)28)34(32,33)18-6-4-3-5-17(18)27-19(29)11-16-20(21(27)24)23(31)25-22(16)30/h3-6,11,13-15,28H,7-10,12,24H2,1-2H3,(H,25,30,31). The largest absolute Gasteiger partial charge is 0.392 e. The number of carbonyl (C=O) groups is 2. The Morgan fingerprint density at radius 1 is 1.15 bits per heavy atom. The van der Waals surface area contributed by atoms with Crippen molar-refractivity contribution in [3.8, 4) is 5.69 Å². The van der Waals surface area contributed by atoms with Crippen molar-refractivity contribution in [1.82, 2.24) is 14.2 Å². The molecule has 11 heteroatoms. The first-order chi connectivity index (χ1) is 16.0. The van der Waals surface area contributed by atoms with Crippen LogP contribution in [0.5, 0.6) is 0 Å². The van der Waals surface area contributed by atoms with Gasteiger partial charge in [-0.15, -0.1) is 0 Å². The SMILES string of the molecule is CC(O)CN(C1CCC(C)CC1)S(=O)(=O)c1ccccc1-n1c(N)c2c(cc1=O)C(=O)NC2=O. The maximum Gasteiger partial charge on any atom is 0.262 e. The summed E-state index contributed by atoms with van der Waals surface area (Å²) in [6.45, 7) is 3.56. The van der Waals surface area contributed by atoms with Gasteiger partial charge in [0, 0.05) is 18.7 Å². The number of carbonyl (C=O) groups excluding carboxylic acids is 2. The smallest absolute Gasteiger partial charge is 0.262 e. The van der Waals surface area contributed by atoms with E-state index in [1.165, 1.54) is 29.4 Å². The molecule has 1 fully saturated rings. The summed E-state index contributed by atoms with van der Waals surface area (Å²) >= 11 is 0. The van der Waals surface area contributed by atoms with Gasteiger partial charge in [-0.1, -0.05) is 19.1 Å². The zero-order valence-corrected chi connectivity index (χ0v) is 19.8. The number of nitrogens with one attached hydrogen (secondary N) is 1. The van der Waals surface area contributed by atoms with Crippen LogP contribution in [0.4, 0.5) is 5.82 Å². The molecule has 2 aromatic rings. The van der Waals surface area contributed by atoms with Crippen LogP contribution in [0.15, 0.2) is 40.0 Å². The summed E-state index contributed by atoms with van der Waals surface area (Å²) in [5, 5.41) is 12.2. The molecule has 2 heterocycles. The lowest BCUT2D eigenvalue weighted by molar-refractivity contribution is 0.0879. The van der Waals surface area contributed by atoms with Gasteiger partial charge in [-0.3, -0.25) is 24.3 Å². The summed E-state index contributed by atoms with van der Waals surface area (Å²) < 4.78 is 30.1. The molecule has 0 saturated heterocycles. The molecule has 182 valence electrons. The van der Waals surface area contributed by atoms with E-state index in [4.69, 9.17) is 5.73 Å². The first-order valence-electron chi connectivity index (χ1n) is 11.2. The first kappa shape index (κ1) is 24.1. The van der Waals surface area contributed by atoms with Crippen molar-refractivity contribution in [2.75, 3.05) is 12.3 Å². The molecule has 4 rings (SSSR count). The fraction of sp³-hybridized carbons (Fsp3) is 0.435. The Hall–Kier alpha value is -3.02. The van der Waals surface area contributed by atoms with Crippen LogP contribution in [-0.2, 0) is 10.0 Å². The summed E-state index contributed by atoms with van der Waals surface area (Å²) in [5.74, 6) is -1.30. The molecule has 1 unspecified atom stereocenters. The average molecular weight is 489 g/mol. The van der Waals surface area contributed by atoms with E-state index in [2.05, 4.69) is 12.2 Å². The predicted molar refractivity (Wildman–Crippen MR) is 125 cm³/mol.